The third-order valence-corrected chi connectivity index (χ3v) is 6.21. The van der Waals surface area contributed by atoms with Crippen molar-refractivity contribution in [2.75, 3.05) is 0 Å². The molecule has 0 saturated heterocycles. The van der Waals surface area contributed by atoms with Crippen LogP contribution in [0.5, 0.6) is 0 Å². The molecule has 0 heterocycles. The summed E-state index contributed by atoms with van der Waals surface area (Å²) in [5.74, 6) is 0.0363. The molecule has 1 fully saturated rings. The number of rotatable bonds is 2. The predicted octanol–water partition coefficient (Wildman–Crippen LogP) is 4.34. The van der Waals surface area contributed by atoms with Crippen LogP contribution in [-0.4, -0.2) is 10.1 Å². The van der Waals surface area contributed by atoms with Crippen LogP contribution in [0, 0.1) is 19.3 Å². The number of carbonyl (C=O) groups is 1. The number of hydrogen-bond donors (Lipinski definition) is 0. The Bertz CT molecular complexity index is 515. The van der Waals surface area contributed by atoms with Crippen LogP contribution >= 0.6 is 23.2 Å². The smallest absolute Gasteiger partial charge is 0.141 e. The second-order valence-electron chi connectivity index (χ2n) is 5.76. The zero-order valence-corrected chi connectivity index (χ0v) is 12.9. The summed E-state index contributed by atoms with van der Waals surface area (Å²) in [5.41, 5.74) is 2.12. The summed E-state index contributed by atoms with van der Waals surface area (Å²) in [4.78, 5) is 11.9. The number of halogens is 2. The molecule has 0 aromatic heterocycles. The molecule has 0 aliphatic heterocycles. The Morgan fingerprint density at radius 1 is 1.06 bits per heavy atom. The van der Waals surface area contributed by atoms with Gasteiger partial charge >= 0.3 is 0 Å². The molecule has 0 amide bonds. The Balaban J connectivity index is 2.61. The molecule has 1 aliphatic rings. The quantitative estimate of drug-likeness (QED) is 0.738. The van der Waals surface area contributed by atoms with E-state index in [1.807, 2.05) is 27.7 Å². The summed E-state index contributed by atoms with van der Waals surface area (Å²) < 4.78 is -1.04. The lowest BCUT2D eigenvalue weighted by Gasteiger charge is -2.17. The maximum atomic E-state index is 11.9. The van der Waals surface area contributed by atoms with E-state index < -0.39 is 15.2 Å². The van der Waals surface area contributed by atoms with Gasteiger partial charge in [0.25, 0.3) is 0 Å². The summed E-state index contributed by atoms with van der Waals surface area (Å²) in [6.07, 6.45) is 0. The van der Waals surface area contributed by atoms with Crippen LogP contribution in [0.2, 0.25) is 0 Å². The minimum absolute atomic E-state index is 0.0363. The SMILES string of the molecule is CC(=O)[C@]1(C)C(Cl)(Cl)[C@@]1(C)c1cc(C)cc(C)c1. The predicted molar refractivity (Wildman–Crippen MR) is 76.5 cm³/mol. The van der Waals surface area contributed by atoms with Crippen LogP contribution in [0.4, 0.5) is 0 Å². The number of carbonyl (C=O) groups excluding carboxylic acids is 1. The topological polar surface area (TPSA) is 17.1 Å². The fraction of sp³-hybridized carbons (Fsp3) is 0.533. The molecule has 0 unspecified atom stereocenters. The van der Waals surface area contributed by atoms with Crippen molar-refractivity contribution in [3.05, 3.63) is 34.9 Å². The lowest BCUT2D eigenvalue weighted by Crippen LogP contribution is -2.19. The molecule has 0 spiro atoms. The number of alkyl halides is 2. The molecule has 0 N–H and O–H groups in total. The van der Waals surface area contributed by atoms with Gasteiger partial charge in [-0.15, -0.1) is 0 Å². The average Bonchev–Trinajstić information content (AvgIpc) is 2.59. The fourth-order valence-corrected chi connectivity index (χ4v) is 4.25. The number of Topliss-reactive ketones (excluding diaryl/α,β-unsaturated/α-hetero) is 1. The lowest BCUT2D eigenvalue weighted by atomic mass is 9.85. The van der Waals surface area contributed by atoms with Crippen LogP contribution in [0.15, 0.2) is 18.2 Å². The second-order valence-corrected chi connectivity index (χ2v) is 7.08. The van der Waals surface area contributed by atoms with Gasteiger partial charge in [0.1, 0.15) is 10.1 Å². The van der Waals surface area contributed by atoms with Gasteiger partial charge in [0.2, 0.25) is 0 Å². The standard InChI is InChI=1S/C15H18Cl2O/c1-9-6-10(2)8-12(7-9)14(5)13(4,11(3)18)15(14,16)17/h6-8H,1-5H3/t13-,14-/m0/s1. The van der Waals surface area contributed by atoms with E-state index in [4.69, 9.17) is 23.2 Å². The van der Waals surface area contributed by atoms with Gasteiger partial charge in [0.15, 0.2) is 0 Å². The van der Waals surface area contributed by atoms with Crippen molar-refractivity contribution in [2.24, 2.45) is 5.41 Å². The zero-order chi connectivity index (χ0) is 13.9. The molecule has 1 saturated carbocycles. The molecular weight excluding hydrogens is 267 g/mol. The van der Waals surface area contributed by atoms with Crippen molar-refractivity contribution in [3.63, 3.8) is 0 Å². The molecule has 2 rings (SSSR count). The van der Waals surface area contributed by atoms with E-state index in [9.17, 15) is 4.79 Å². The Morgan fingerprint density at radius 2 is 1.50 bits per heavy atom. The zero-order valence-electron chi connectivity index (χ0n) is 11.4. The first-order chi connectivity index (χ1) is 8.09. The molecule has 98 valence electrons. The largest absolute Gasteiger partial charge is 0.299 e. The number of aryl methyl sites for hydroxylation is 2. The third kappa shape index (κ3) is 1.38. The van der Waals surface area contributed by atoms with Crippen molar-refractivity contribution < 1.29 is 4.79 Å². The highest BCUT2D eigenvalue weighted by Crippen LogP contribution is 2.78. The minimum atomic E-state index is -1.04. The molecule has 18 heavy (non-hydrogen) atoms. The van der Waals surface area contributed by atoms with Crippen molar-refractivity contribution in [1.29, 1.82) is 0 Å². The van der Waals surface area contributed by atoms with Gasteiger partial charge < -0.3 is 0 Å². The molecule has 1 aromatic carbocycles. The summed E-state index contributed by atoms with van der Waals surface area (Å²) in [5, 5.41) is 0. The summed E-state index contributed by atoms with van der Waals surface area (Å²) >= 11 is 12.9. The second kappa shape index (κ2) is 3.74. The lowest BCUT2D eigenvalue weighted by molar-refractivity contribution is -0.122. The first-order valence-corrected chi connectivity index (χ1v) is 6.82. The van der Waals surface area contributed by atoms with E-state index in [0.717, 1.165) is 16.7 Å². The van der Waals surface area contributed by atoms with Gasteiger partial charge in [-0.2, -0.15) is 0 Å². The highest BCUT2D eigenvalue weighted by molar-refractivity contribution is 6.55. The summed E-state index contributed by atoms with van der Waals surface area (Å²) in [6.45, 7) is 9.47. The first-order valence-electron chi connectivity index (χ1n) is 6.06. The van der Waals surface area contributed by atoms with Gasteiger partial charge in [-0.1, -0.05) is 59.5 Å². The highest BCUT2D eigenvalue weighted by Gasteiger charge is 2.84. The van der Waals surface area contributed by atoms with E-state index in [0.29, 0.717) is 0 Å². The van der Waals surface area contributed by atoms with Gasteiger partial charge in [0.05, 0.1) is 5.41 Å². The van der Waals surface area contributed by atoms with Gasteiger partial charge in [-0.3, -0.25) is 4.79 Å². The molecule has 1 aromatic rings. The van der Waals surface area contributed by atoms with Crippen LogP contribution < -0.4 is 0 Å². The normalized spacial score (nSPS) is 33.3. The van der Waals surface area contributed by atoms with Gasteiger partial charge in [-0.05, 0) is 33.3 Å². The van der Waals surface area contributed by atoms with Gasteiger partial charge in [-0.25, -0.2) is 0 Å². The number of hydrogen-bond acceptors (Lipinski definition) is 1. The summed E-state index contributed by atoms with van der Waals surface area (Å²) in [6, 6.07) is 6.24. The Hall–Kier alpha value is -0.530. The van der Waals surface area contributed by atoms with Crippen molar-refractivity contribution >= 4 is 29.0 Å². The van der Waals surface area contributed by atoms with Crippen LogP contribution in [-0.2, 0) is 10.2 Å². The molecule has 2 atom stereocenters. The molecular formula is C15H18Cl2O. The summed E-state index contributed by atoms with van der Waals surface area (Å²) in [7, 11) is 0. The molecule has 0 bridgehead atoms. The van der Waals surface area contributed by atoms with Crippen LogP contribution in [0.25, 0.3) is 0 Å². The number of ketones is 1. The van der Waals surface area contributed by atoms with Crippen molar-refractivity contribution in [3.8, 4) is 0 Å². The van der Waals surface area contributed by atoms with E-state index in [-0.39, 0.29) is 5.78 Å². The van der Waals surface area contributed by atoms with Gasteiger partial charge in [0, 0.05) is 5.41 Å². The maximum absolute atomic E-state index is 11.9. The number of benzene rings is 1. The molecule has 1 aliphatic carbocycles. The van der Waals surface area contributed by atoms with E-state index in [1.165, 1.54) is 0 Å². The maximum Gasteiger partial charge on any atom is 0.141 e. The fourth-order valence-electron chi connectivity index (χ4n) is 3.11. The molecule has 1 nitrogen and oxygen atoms in total. The minimum Gasteiger partial charge on any atom is -0.299 e. The highest BCUT2D eigenvalue weighted by atomic mass is 35.5. The van der Waals surface area contributed by atoms with Crippen molar-refractivity contribution in [2.45, 2.75) is 44.4 Å². The molecule has 0 radical (unpaired) electrons. The Labute approximate surface area is 118 Å². The van der Waals surface area contributed by atoms with E-state index >= 15 is 0 Å². The third-order valence-electron chi connectivity index (χ3n) is 4.70. The Kier molecular flexibility index (Phi) is 2.89. The average molecular weight is 285 g/mol. The van der Waals surface area contributed by atoms with Crippen LogP contribution in [0.3, 0.4) is 0 Å². The van der Waals surface area contributed by atoms with Crippen LogP contribution in [0.1, 0.15) is 37.5 Å². The first kappa shape index (κ1) is 13.9. The van der Waals surface area contributed by atoms with E-state index in [2.05, 4.69) is 18.2 Å². The Morgan fingerprint density at radius 3 is 1.83 bits per heavy atom. The molecule has 3 heteroatoms. The van der Waals surface area contributed by atoms with Crippen molar-refractivity contribution in [1.82, 2.24) is 0 Å². The van der Waals surface area contributed by atoms with E-state index in [1.54, 1.807) is 6.92 Å². The monoisotopic (exact) mass is 284 g/mol.